The number of likely N-dealkylation sites (tertiary alicyclic amines) is 1. The van der Waals surface area contributed by atoms with Crippen LogP contribution in [0.15, 0.2) is 24.3 Å². The lowest BCUT2D eigenvalue weighted by Gasteiger charge is -2.37. The van der Waals surface area contributed by atoms with E-state index in [1.165, 1.54) is 12.8 Å². The first-order valence-electron chi connectivity index (χ1n) is 9.71. The Balaban J connectivity index is 1.34. The second-order valence-electron chi connectivity index (χ2n) is 7.65. The average molecular weight is 376 g/mol. The molecule has 5 nitrogen and oxygen atoms in total. The van der Waals surface area contributed by atoms with E-state index in [1.54, 1.807) is 0 Å². The number of amides is 2. The molecule has 4 rings (SSSR count). The number of rotatable bonds is 3. The number of carbonyl (C=O) groups excluding carboxylic acids is 2. The summed E-state index contributed by atoms with van der Waals surface area (Å²) in [5, 5.41) is 0.751. The molecule has 0 radical (unpaired) electrons. The van der Waals surface area contributed by atoms with E-state index in [0.717, 1.165) is 36.6 Å². The highest BCUT2D eigenvalue weighted by Crippen LogP contribution is 2.31. The number of benzene rings is 1. The maximum atomic E-state index is 12.9. The summed E-state index contributed by atoms with van der Waals surface area (Å²) in [4.78, 5) is 31.4. The van der Waals surface area contributed by atoms with E-state index in [4.69, 9.17) is 11.6 Å². The number of piperazine rings is 1. The molecular weight excluding hydrogens is 350 g/mol. The van der Waals surface area contributed by atoms with E-state index in [1.807, 2.05) is 34.1 Å². The third kappa shape index (κ3) is 3.41. The summed E-state index contributed by atoms with van der Waals surface area (Å²) in [7, 11) is 0. The predicted octanol–water partition coefficient (Wildman–Crippen LogP) is 2.78. The van der Waals surface area contributed by atoms with Gasteiger partial charge in [-0.2, -0.15) is 0 Å². The number of carbonyl (C=O) groups is 2. The fourth-order valence-corrected chi connectivity index (χ4v) is 4.86. The SMILES string of the molecule is O=C([C@@H]1CC(=O)N(C2CCCC2)C1)N1CCN(c2ccccc2Cl)CC1. The van der Waals surface area contributed by atoms with Crippen molar-refractivity contribution < 1.29 is 9.59 Å². The van der Waals surface area contributed by atoms with Crippen LogP contribution in [-0.4, -0.2) is 60.4 Å². The quantitative estimate of drug-likeness (QED) is 0.816. The molecule has 1 aromatic carbocycles. The number of hydrogen-bond acceptors (Lipinski definition) is 3. The van der Waals surface area contributed by atoms with Gasteiger partial charge in [0.15, 0.2) is 0 Å². The smallest absolute Gasteiger partial charge is 0.228 e. The van der Waals surface area contributed by atoms with Crippen molar-refractivity contribution in [3.05, 3.63) is 29.3 Å². The maximum absolute atomic E-state index is 12.9. The molecular formula is C20H26ClN3O2. The summed E-state index contributed by atoms with van der Waals surface area (Å²) in [5.41, 5.74) is 1.03. The molecule has 2 amide bonds. The molecule has 0 aromatic heterocycles. The molecule has 26 heavy (non-hydrogen) atoms. The molecule has 2 saturated heterocycles. The highest BCUT2D eigenvalue weighted by molar-refractivity contribution is 6.33. The fourth-order valence-electron chi connectivity index (χ4n) is 4.60. The molecule has 1 aliphatic carbocycles. The van der Waals surface area contributed by atoms with Gasteiger partial charge >= 0.3 is 0 Å². The van der Waals surface area contributed by atoms with Crippen LogP contribution in [0, 0.1) is 5.92 Å². The standard InChI is InChI=1S/C20H26ClN3O2/c21-17-7-3-4-8-18(17)22-9-11-23(12-10-22)20(26)15-13-19(25)24(14-15)16-5-1-2-6-16/h3-4,7-8,15-16H,1-2,5-6,9-14H2/t15-/m1/s1. The lowest BCUT2D eigenvalue weighted by molar-refractivity contribution is -0.136. The molecule has 3 aliphatic rings. The Kier molecular flexibility index (Phi) is 5.07. The molecule has 1 aromatic rings. The summed E-state index contributed by atoms with van der Waals surface area (Å²) >= 11 is 6.29. The van der Waals surface area contributed by atoms with Gasteiger partial charge in [0, 0.05) is 45.2 Å². The summed E-state index contributed by atoms with van der Waals surface area (Å²) in [6.07, 6.45) is 5.00. The van der Waals surface area contributed by atoms with E-state index >= 15 is 0 Å². The summed E-state index contributed by atoms with van der Waals surface area (Å²) in [6.45, 7) is 3.56. The van der Waals surface area contributed by atoms with Crippen LogP contribution in [0.3, 0.4) is 0 Å². The number of para-hydroxylation sites is 1. The van der Waals surface area contributed by atoms with Gasteiger partial charge in [-0.25, -0.2) is 0 Å². The van der Waals surface area contributed by atoms with Gasteiger partial charge in [0.05, 0.1) is 16.6 Å². The normalized spacial score (nSPS) is 24.6. The van der Waals surface area contributed by atoms with Crippen LogP contribution in [0.25, 0.3) is 0 Å². The van der Waals surface area contributed by atoms with E-state index in [2.05, 4.69) is 4.90 Å². The number of halogens is 1. The van der Waals surface area contributed by atoms with Crippen molar-refractivity contribution in [3.8, 4) is 0 Å². The van der Waals surface area contributed by atoms with Gasteiger partial charge in [0.25, 0.3) is 0 Å². The lowest BCUT2D eigenvalue weighted by atomic mass is 10.1. The Morgan fingerprint density at radius 2 is 1.73 bits per heavy atom. The third-order valence-electron chi connectivity index (χ3n) is 6.06. The molecule has 1 atom stereocenters. The van der Waals surface area contributed by atoms with Crippen LogP contribution < -0.4 is 4.90 Å². The van der Waals surface area contributed by atoms with Crippen LogP contribution >= 0.6 is 11.6 Å². The minimum absolute atomic E-state index is 0.151. The van der Waals surface area contributed by atoms with Crippen molar-refractivity contribution in [1.82, 2.24) is 9.80 Å². The van der Waals surface area contributed by atoms with Crippen molar-refractivity contribution in [2.24, 2.45) is 5.92 Å². The molecule has 2 heterocycles. The molecule has 140 valence electrons. The monoisotopic (exact) mass is 375 g/mol. The molecule has 0 spiro atoms. The van der Waals surface area contributed by atoms with E-state index in [0.29, 0.717) is 32.1 Å². The van der Waals surface area contributed by atoms with Gasteiger partial charge in [0.1, 0.15) is 0 Å². The van der Waals surface area contributed by atoms with Gasteiger partial charge < -0.3 is 14.7 Å². The summed E-state index contributed by atoms with van der Waals surface area (Å²) < 4.78 is 0. The largest absolute Gasteiger partial charge is 0.367 e. The first-order valence-corrected chi connectivity index (χ1v) is 10.1. The third-order valence-corrected chi connectivity index (χ3v) is 6.38. The minimum Gasteiger partial charge on any atom is -0.367 e. The molecule has 0 N–H and O–H groups in total. The van der Waals surface area contributed by atoms with Crippen molar-refractivity contribution >= 4 is 29.1 Å². The topological polar surface area (TPSA) is 43.9 Å². The van der Waals surface area contributed by atoms with Crippen LogP contribution in [0.5, 0.6) is 0 Å². The molecule has 0 unspecified atom stereocenters. The van der Waals surface area contributed by atoms with Gasteiger partial charge in [-0.05, 0) is 25.0 Å². The predicted molar refractivity (Wildman–Crippen MR) is 102 cm³/mol. The molecule has 3 fully saturated rings. The minimum atomic E-state index is -0.157. The van der Waals surface area contributed by atoms with E-state index in [9.17, 15) is 9.59 Å². The molecule has 2 aliphatic heterocycles. The molecule has 6 heteroatoms. The van der Waals surface area contributed by atoms with Crippen LogP contribution in [0.1, 0.15) is 32.1 Å². The molecule has 1 saturated carbocycles. The van der Waals surface area contributed by atoms with Gasteiger partial charge in [-0.15, -0.1) is 0 Å². The van der Waals surface area contributed by atoms with Crippen molar-refractivity contribution in [3.63, 3.8) is 0 Å². The highest BCUT2D eigenvalue weighted by Gasteiger charge is 2.40. The number of anilines is 1. The Labute approximate surface area is 159 Å². The van der Waals surface area contributed by atoms with E-state index < -0.39 is 0 Å². The zero-order valence-electron chi connectivity index (χ0n) is 15.1. The van der Waals surface area contributed by atoms with Crippen LogP contribution in [0.2, 0.25) is 5.02 Å². The van der Waals surface area contributed by atoms with Crippen molar-refractivity contribution in [1.29, 1.82) is 0 Å². The lowest BCUT2D eigenvalue weighted by Crippen LogP contribution is -2.50. The number of nitrogens with zero attached hydrogens (tertiary/aromatic N) is 3. The molecule has 0 bridgehead atoms. The van der Waals surface area contributed by atoms with Gasteiger partial charge in [0.2, 0.25) is 11.8 Å². The zero-order valence-corrected chi connectivity index (χ0v) is 15.8. The maximum Gasteiger partial charge on any atom is 0.228 e. The van der Waals surface area contributed by atoms with Crippen LogP contribution in [-0.2, 0) is 9.59 Å². The average Bonchev–Trinajstić information content (AvgIpc) is 3.31. The Bertz CT molecular complexity index is 681. The Morgan fingerprint density at radius 3 is 2.42 bits per heavy atom. The zero-order chi connectivity index (χ0) is 18.1. The summed E-state index contributed by atoms with van der Waals surface area (Å²) in [6, 6.07) is 8.21. The first-order chi connectivity index (χ1) is 12.6. The summed E-state index contributed by atoms with van der Waals surface area (Å²) in [5.74, 6) is 0.164. The Hall–Kier alpha value is -1.75. The van der Waals surface area contributed by atoms with Crippen LogP contribution in [0.4, 0.5) is 5.69 Å². The first kappa shape index (κ1) is 17.7. The second kappa shape index (κ2) is 7.47. The second-order valence-corrected chi connectivity index (χ2v) is 8.06. The van der Waals surface area contributed by atoms with E-state index in [-0.39, 0.29) is 17.7 Å². The van der Waals surface area contributed by atoms with Gasteiger partial charge in [-0.1, -0.05) is 36.6 Å². The van der Waals surface area contributed by atoms with Crippen molar-refractivity contribution in [2.75, 3.05) is 37.6 Å². The van der Waals surface area contributed by atoms with Crippen molar-refractivity contribution in [2.45, 2.75) is 38.1 Å². The Morgan fingerprint density at radius 1 is 1.04 bits per heavy atom. The fraction of sp³-hybridized carbons (Fsp3) is 0.600. The van der Waals surface area contributed by atoms with Gasteiger partial charge in [-0.3, -0.25) is 9.59 Å². The highest BCUT2D eigenvalue weighted by atomic mass is 35.5. The number of hydrogen-bond donors (Lipinski definition) is 0.